The van der Waals surface area contributed by atoms with E-state index in [2.05, 4.69) is 10.6 Å². The van der Waals surface area contributed by atoms with E-state index in [9.17, 15) is 29.1 Å². The molecule has 3 rings (SSSR count). The lowest BCUT2D eigenvalue weighted by Gasteiger charge is -2.32. The summed E-state index contributed by atoms with van der Waals surface area (Å²) in [5, 5.41) is 14.5. The molecular formula is C27H40N6O6. The van der Waals surface area contributed by atoms with Crippen molar-refractivity contribution in [2.75, 3.05) is 26.2 Å². The zero-order chi connectivity index (χ0) is 28.4. The SMILES string of the molecule is NCCCCC(N)C(=O)N1CCCC1C(=O)N1CCCC1C(=O)NCC(=O)NC(Cc1ccccc1)C(=O)O. The number of unbranched alkanes of at least 4 members (excludes halogenated alkanes) is 1. The van der Waals surface area contributed by atoms with Crippen molar-refractivity contribution in [3.05, 3.63) is 35.9 Å². The number of amides is 4. The van der Waals surface area contributed by atoms with Crippen LogP contribution in [0.1, 0.15) is 50.5 Å². The zero-order valence-electron chi connectivity index (χ0n) is 22.2. The van der Waals surface area contributed by atoms with E-state index in [0.29, 0.717) is 51.7 Å². The van der Waals surface area contributed by atoms with Crippen molar-refractivity contribution < 1.29 is 29.1 Å². The minimum atomic E-state index is -1.18. The van der Waals surface area contributed by atoms with E-state index in [1.807, 2.05) is 6.07 Å². The number of likely N-dealkylation sites (tertiary alicyclic amines) is 2. The third-order valence-corrected chi connectivity index (χ3v) is 7.29. The Morgan fingerprint density at radius 1 is 0.974 bits per heavy atom. The quantitative estimate of drug-likeness (QED) is 0.203. The number of carbonyl (C=O) groups excluding carboxylic acids is 4. The summed E-state index contributed by atoms with van der Waals surface area (Å²) in [4.78, 5) is 66.4. The average molecular weight is 545 g/mol. The summed E-state index contributed by atoms with van der Waals surface area (Å²) in [7, 11) is 0. The number of nitrogens with zero attached hydrogens (tertiary/aromatic N) is 2. The molecule has 0 aromatic heterocycles. The third kappa shape index (κ3) is 8.24. The van der Waals surface area contributed by atoms with Crippen LogP contribution in [-0.4, -0.2) is 94.9 Å². The van der Waals surface area contributed by atoms with Gasteiger partial charge >= 0.3 is 5.97 Å². The minimum Gasteiger partial charge on any atom is -0.480 e. The van der Waals surface area contributed by atoms with Gasteiger partial charge in [-0.3, -0.25) is 19.2 Å². The van der Waals surface area contributed by atoms with Crippen molar-refractivity contribution in [1.82, 2.24) is 20.4 Å². The molecule has 0 aliphatic carbocycles. The maximum atomic E-state index is 13.4. The third-order valence-electron chi connectivity index (χ3n) is 7.29. The summed E-state index contributed by atoms with van der Waals surface area (Å²) in [5.41, 5.74) is 12.4. The van der Waals surface area contributed by atoms with Crippen LogP contribution in [0.4, 0.5) is 0 Å². The maximum Gasteiger partial charge on any atom is 0.326 e. The van der Waals surface area contributed by atoms with E-state index in [1.54, 1.807) is 24.3 Å². The van der Waals surface area contributed by atoms with E-state index in [0.717, 1.165) is 18.4 Å². The van der Waals surface area contributed by atoms with Crippen LogP contribution in [0.15, 0.2) is 30.3 Å². The molecule has 4 unspecified atom stereocenters. The van der Waals surface area contributed by atoms with Gasteiger partial charge in [0.05, 0.1) is 12.6 Å². The Morgan fingerprint density at radius 3 is 2.31 bits per heavy atom. The number of carboxylic acid groups (broad SMARTS) is 1. The van der Waals surface area contributed by atoms with Gasteiger partial charge < -0.3 is 37.0 Å². The molecule has 39 heavy (non-hydrogen) atoms. The highest BCUT2D eigenvalue weighted by atomic mass is 16.4. The first-order valence-corrected chi connectivity index (χ1v) is 13.6. The van der Waals surface area contributed by atoms with Gasteiger partial charge in [0.25, 0.3) is 0 Å². The number of hydrogen-bond donors (Lipinski definition) is 5. The van der Waals surface area contributed by atoms with Crippen LogP contribution < -0.4 is 22.1 Å². The number of carboxylic acids is 1. The second-order valence-corrected chi connectivity index (χ2v) is 10.1. The number of carbonyl (C=O) groups is 5. The first-order chi connectivity index (χ1) is 18.7. The Kier molecular flexibility index (Phi) is 11.2. The highest BCUT2D eigenvalue weighted by Crippen LogP contribution is 2.25. The Bertz CT molecular complexity index is 1020. The van der Waals surface area contributed by atoms with Crippen LogP contribution in [0, 0.1) is 0 Å². The van der Waals surface area contributed by atoms with Crippen molar-refractivity contribution in [2.24, 2.45) is 11.5 Å². The standard InChI is InChI=1S/C27H40N6O6/c28-13-5-4-10-19(29)25(36)33-15-7-12-22(33)26(37)32-14-6-11-21(32)24(35)30-17-23(34)31-20(27(38)39)16-18-8-2-1-3-9-18/h1-3,8-9,19-22H,4-7,10-17,28-29H2,(H,30,35)(H,31,34)(H,38,39). The summed E-state index contributed by atoms with van der Waals surface area (Å²) in [6.45, 7) is 0.933. The molecule has 4 amide bonds. The smallest absolute Gasteiger partial charge is 0.326 e. The first kappa shape index (κ1) is 30.0. The number of aliphatic carboxylic acids is 1. The fourth-order valence-electron chi connectivity index (χ4n) is 5.21. The van der Waals surface area contributed by atoms with Gasteiger partial charge in [-0.25, -0.2) is 4.79 Å². The molecule has 0 bridgehead atoms. The average Bonchev–Trinajstić information content (AvgIpc) is 3.62. The van der Waals surface area contributed by atoms with Crippen LogP contribution in [0.3, 0.4) is 0 Å². The van der Waals surface area contributed by atoms with E-state index < -0.39 is 48.5 Å². The van der Waals surface area contributed by atoms with Gasteiger partial charge in [0.1, 0.15) is 18.1 Å². The van der Waals surface area contributed by atoms with Crippen molar-refractivity contribution >= 4 is 29.6 Å². The van der Waals surface area contributed by atoms with Crippen LogP contribution in [0.5, 0.6) is 0 Å². The lowest BCUT2D eigenvalue weighted by molar-refractivity contribution is -0.147. The van der Waals surface area contributed by atoms with E-state index >= 15 is 0 Å². The fraction of sp³-hybridized carbons (Fsp3) is 0.593. The molecule has 4 atom stereocenters. The first-order valence-electron chi connectivity index (χ1n) is 13.6. The second-order valence-electron chi connectivity index (χ2n) is 10.1. The van der Waals surface area contributed by atoms with E-state index in [1.165, 1.54) is 9.80 Å². The molecule has 2 saturated heterocycles. The van der Waals surface area contributed by atoms with Crippen molar-refractivity contribution in [3.63, 3.8) is 0 Å². The summed E-state index contributed by atoms with van der Waals surface area (Å²) in [6, 6.07) is 5.64. The lowest BCUT2D eigenvalue weighted by atomic mass is 10.1. The summed E-state index contributed by atoms with van der Waals surface area (Å²) < 4.78 is 0. The topological polar surface area (TPSA) is 188 Å². The van der Waals surface area contributed by atoms with Crippen molar-refractivity contribution in [2.45, 2.75) is 75.5 Å². The summed E-state index contributed by atoms with van der Waals surface area (Å²) >= 11 is 0. The van der Waals surface area contributed by atoms with Crippen LogP contribution in [0.2, 0.25) is 0 Å². The highest BCUT2D eigenvalue weighted by molar-refractivity contribution is 5.95. The molecule has 0 spiro atoms. The normalized spacial score (nSPS) is 20.4. The molecule has 12 nitrogen and oxygen atoms in total. The minimum absolute atomic E-state index is 0.105. The second kappa shape index (κ2) is 14.6. The molecular weight excluding hydrogens is 504 g/mol. The van der Waals surface area contributed by atoms with Gasteiger partial charge in [-0.2, -0.15) is 0 Å². The number of benzene rings is 1. The Balaban J connectivity index is 1.53. The zero-order valence-corrected chi connectivity index (χ0v) is 22.2. The Labute approximate surface area is 228 Å². The predicted octanol–water partition coefficient (Wildman–Crippen LogP) is -0.647. The van der Waals surface area contributed by atoms with Crippen molar-refractivity contribution in [3.8, 4) is 0 Å². The van der Waals surface area contributed by atoms with Crippen LogP contribution >= 0.6 is 0 Å². The molecule has 2 aliphatic rings. The van der Waals surface area contributed by atoms with E-state index in [-0.39, 0.29) is 18.2 Å². The predicted molar refractivity (Wildman–Crippen MR) is 143 cm³/mol. The molecule has 0 saturated carbocycles. The summed E-state index contributed by atoms with van der Waals surface area (Å²) in [5.74, 6) is -2.85. The molecule has 214 valence electrons. The fourth-order valence-corrected chi connectivity index (χ4v) is 5.21. The maximum absolute atomic E-state index is 13.4. The molecule has 1 aromatic carbocycles. The molecule has 0 radical (unpaired) electrons. The lowest BCUT2D eigenvalue weighted by Crippen LogP contribution is -2.55. The molecule has 12 heteroatoms. The highest BCUT2D eigenvalue weighted by Gasteiger charge is 2.42. The number of rotatable bonds is 13. The van der Waals surface area contributed by atoms with Gasteiger partial charge in [-0.1, -0.05) is 36.8 Å². The molecule has 2 heterocycles. The number of hydrogen-bond acceptors (Lipinski definition) is 7. The van der Waals surface area contributed by atoms with E-state index in [4.69, 9.17) is 11.5 Å². The Morgan fingerprint density at radius 2 is 1.64 bits per heavy atom. The van der Waals surface area contributed by atoms with Crippen molar-refractivity contribution in [1.29, 1.82) is 0 Å². The molecule has 2 fully saturated rings. The largest absolute Gasteiger partial charge is 0.480 e. The number of nitrogens with one attached hydrogen (secondary N) is 2. The van der Waals surface area contributed by atoms with Gasteiger partial charge in [0, 0.05) is 19.5 Å². The van der Waals surface area contributed by atoms with Gasteiger partial charge in [0.2, 0.25) is 23.6 Å². The van der Waals surface area contributed by atoms with Gasteiger partial charge in [-0.15, -0.1) is 0 Å². The van der Waals surface area contributed by atoms with Gasteiger partial charge in [0.15, 0.2) is 0 Å². The molecule has 7 N–H and O–H groups in total. The van der Waals surface area contributed by atoms with Crippen LogP contribution in [-0.2, 0) is 30.4 Å². The monoisotopic (exact) mass is 544 g/mol. The van der Waals surface area contributed by atoms with Gasteiger partial charge in [-0.05, 0) is 50.6 Å². The Hall–Kier alpha value is -3.51. The summed E-state index contributed by atoms with van der Waals surface area (Å²) in [6.07, 6.45) is 4.35. The van der Waals surface area contributed by atoms with Crippen LogP contribution in [0.25, 0.3) is 0 Å². The molecule has 1 aromatic rings. The molecule has 2 aliphatic heterocycles. The number of nitrogens with two attached hydrogens (primary N) is 2.